The molecule has 0 bridgehead atoms. The molecular weight excluding hydrogens is 502 g/mol. The zero-order chi connectivity index (χ0) is 26.7. The first kappa shape index (κ1) is 21.3. The molecule has 5 nitrogen and oxygen atoms in total. The van der Waals surface area contributed by atoms with E-state index in [9.17, 15) is 0 Å². The lowest BCUT2D eigenvalue weighted by Crippen LogP contribution is -1.95. The maximum absolute atomic E-state index is 5.17. The van der Waals surface area contributed by atoms with Gasteiger partial charge in [0.05, 0.1) is 28.3 Å². The van der Waals surface area contributed by atoms with Crippen LogP contribution >= 0.6 is 0 Å². The average Bonchev–Trinajstić information content (AvgIpc) is 3.71. The highest BCUT2D eigenvalue weighted by Gasteiger charge is 2.28. The molecule has 4 aromatic carbocycles. The van der Waals surface area contributed by atoms with Crippen molar-refractivity contribution in [3.05, 3.63) is 127 Å². The van der Waals surface area contributed by atoms with E-state index < -0.39 is 0 Å². The Bertz CT molecular complexity index is 2550. The summed E-state index contributed by atoms with van der Waals surface area (Å²) in [5, 5.41) is 6.13. The number of fused-ring (bicyclic) bond motifs is 16. The third-order valence-corrected chi connectivity index (χ3v) is 8.90. The van der Waals surface area contributed by atoms with Crippen LogP contribution in [0.1, 0.15) is 11.1 Å². The van der Waals surface area contributed by atoms with Gasteiger partial charge in [0.1, 0.15) is 11.2 Å². The van der Waals surface area contributed by atoms with Gasteiger partial charge >= 0.3 is 0 Å². The van der Waals surface area contributed by atoms with Crippen LogP contribution < -0.4 is 0 Å². The van der Waals surface area contributed by atoms with Crippen LogP contribution in [0, 0.1) is 0 Å². The number of rotatable bonds is 1. The van der Waals surface area contributed by atoms with Gasteiger partial charge in [0.15, 0.2) is 0 Å². The van der Waals surface area contributed by atoms with Crippen molar-refractivity contribution in [2.24, 2.45) is 0 Å². The van der Waals surface area contributed by atoms with Crippen LogP contribution in [0.5, 0.6) is 0 Å². The largest absolute Gasteiger partial charge is 0.309 e. The van der Waals surface area contributed by atoms with Crippen molar-refractivity contribution in [2.45, 2.75) is 6.42 Å². The fraction of sp³-hybridized carbons (Fsp3) is 0.0278. The van der Waals surface area contributed by atoms with E-state index in [0.717, 1.165) is 34.0 Å². The van der Waals surface area contributed by atoms with Crippen LogP contribution in [0.15, 0.2) is 116 Å². The van der Waals surface area contributed by atoms with Crippen molar-refractivity contribution < 1.29 is 0 Å². The summed E-state index contributed by atoms with van der Waals surface area (Å²) in [5.74, 6) is 0. The van der Waals surface area contributed by atoms with Crippen LogP contribution in [0.25, 0.3) is 77.0 Å². The van der Waals surface area contributed by atoms with Gasteiger partial charge in [0, 0.05) is 45.8 Å². The third kappa shape index (κ3) is 2.63. The smallest absolute Gasteiger partial charge is 0.146 e. The summed E-state index contributed by atoms with van der Waals surface area (Å²) >= 11 is 0. The second kappa shape index (κ2) is 7.55. The first-order valence-electron chi connectivity index (χ1n) is 13.9. The Kier molecular flexibility index (Phi) is 3.92. The van der Waals surface area contributed by atoms with E-state index in [1.165, 1.54) is 60.5 Å². The van der Waals surface area contributed by atoms with E-state index in [1.807, 2.05) is 24.8 Å². The quantitative estimate of drug-likeness (QED) is 0.204. The fourth-order valence-corrected chi connectivity index (χ4v) is 7.28. The number of para-hydroxylation sites is 2. The Morgan fingerprint density at radius 2 is 1.41 bits per heavy atom. The third-order valence-electron chi connectivity index (χ3n) is 8.90. The monoisotopic (exact) mass is 523 g/mol. The lowest BCUT2D eigenvalue weighted by atomic mass is 9.96. The maximum Gasteiger partial charge on any atom is 0.146 e. The first-order valence-corrected chi connectivity index (χ1v) is 13.9. The summed E-state index contributed by atoms with van der Waals surface area (Å²) in [6, 6.07) is 32.8. The van der Waals surface area contributed by atoms with Crippen LogP contribution in [0.4, 0.5) is 0 Å². The second-order valence-electron chi connectivity index (χ2n) is 10.9. The molecule has 9 aromatic rings. The van der Waals surface area contributed by atoms with Gasteiger partial charge in [-0.3, -0.25) is 14.4 Å². The molecule has 5 aromatic heterocycles. The van der Waals surface area contributed by atoms with Gasteiger partial charge in [-0.2, -0.15) is 0 Å². The van der Waals surface area contributed by atoms with Crippen molar-refractivity contribution in [1.29, 1.82) is 0 Å². The summed E-state index contributed by atoms with van der Waals surface area (Å²) in [7, 11) is 0. The summed E-state index contributed by atoms with van der Waals surface area (Å²) in [5.41, 5.74) is 13.0. The van der Waals surface area contributed by atoms with E-state index in [0.29, 0.717) is 0 Å². The normalized spacial score (nSPS) is 12.8. The molecule has 0 unspecified atom stereocenters. The first-order chi connectivity index (χ1) is 20.4. The van der Waals surface area contributed by atoms with Gasteiger partial charge in [0.2, 0.25) is 0 Å². The SMILES string of the molecule is c1ccc(-n2c3ccccc3c3c4c(ccc32)Cc2c-4ccc3c4cnccc4n4c5ccncc5nc4c23)cc1. The molecule has 10 rings (SSSR count). The van der Waals surface area contributed by atoms with Gasteiger partial charge in [-0.15, -0.1) is 0 Å². The highest BCUT2D eigenvalue weighted by Crippen LogP contribution is 2.49. The van der Waals surface area contributed by atoms with Crippen molar-refractivity contribution in [2.75, 3.05) is 0 Å². The molecule has 1 aliphatic carbocycles. The van der Waals surface area contributed by atoms with Crippen LogP contribution in [0.2, 0.25) is 0 Å². The Labute approximate surface area is 234 Å². The predicted octanol–water partition coefficient (Wildman–Crippen LogP) is 8.25. The van der Waals surface area contributed by atoms with Gasteiger partial charge in [-0.05, 0) is 70.5 Å². The molecule has 0 radical (unpaired) electrons. The number of pyridine rings is 3. The fourth-order valence-electron chi connectivity index (χ4n) is 7.28. The van der Waals surface area contributed by atoms with E-state index >= 15 is 0 Å². The van der Waals surface area contributed by atoms with Crippen LogP contribution in [-0.2, 0) is 6.42 Å². The number of hydrogen-bond donors (Lipinski definition) is 0. The van der Waals surface area contributed by atoms with Crippen molar-refractivity contribution in [3.8, 4) is 16.8 Å². The molecule has 0 fully saturated rings. The molecule has 0 atom stereocenters. The molecule has 41 heavy (non-hydrogen) atoms. The van der Waals surface area contributed by atoms with Crippen molar-refractivity contribution in [1.82, 2.24) is 23.9 Å². The Balaban J connectivity index is 1.38. The Hall–Kier alpha value is -5.55. The van der Waals surface area contributed by atoms with Gasteiger partial charge in [-0.25, -0.2) is 4.98 Å². The Morgan fingerprint density at radius 3 is 2.34 bits per heavy atom. The molecule has 0 aliphatic heterocycles. The van der Waals surface area contributed by atoms with E-state index in [-0.39, 0.29) is 0 Å². The van der Waals surface area contributed by atoms with E-state index in [1.54, 1.807) is 0 Å². The topological polar surface area (TPSA) is 48.0 Å². The lowest BCUT2D eigenvalue weighted by molar-refractivity contribution is 1.18. The molecule has 0 N–H and O–H groups in total. The molecule has 190 valence electrons. The van der Waals surface area contributed by atoms with Crippen molar-refractivity contribution in [3.63, 3.8) is 0 Å². The molecule has 1 aliphatic rings. The molecule has 5 heterocycles. The zero-order valence-electron chi connectivity index (χ0n) is 21.9. The number of nitrogens with zero attached hydrogens (tertiary/aromatic N) is 5. The summed E-state index contributed by atoms with van der Waals surface area (Å²) in [6.07, 6.45) is 8.43. The summed E-state index contributed by atoms with van der Waals surface area (Å²) in [6.45, 7) is 0. The zero-order valence-corrected chi connectivity index (χ0v) is 21.9. The molecule has 5 heteroatoms. The van der Waals surface area contributed by atoms with Gasteiger partial charge in [-0.1, -0.05) is 54.6 Å². The van der Waals surface area contributed by atoms with Gasteiger partial charge in [0.25, 0.3) is 0 Å². The Morgan fingerprint density at radius 1 is 0.585 bits per heavy atom. The minimum absolute atomic E-state index is 0.867. The van der Waals surface area contributed by atoms with Crippen LogP contribution in [-0.4, -0.2) is 23.9 Å². The minimum atomic E-state index is 0.867. The molecule has 0 saturated carbocycles. The van der Waals surface area contributed by atoms with Crippen molar-refractivity contribution >= 4 is 60.2 Å². The average molecular weight is 524 g/mol. The van der Waals surface area contributed by atoms with E-state index in [4.69, 9.17) is 4.98 Å². The standard InChI is InChI=1S/C36H21N5/c1-2-6-22(7-3-1)40-29-9-5-4-8-25(29)35-32(40)13-10-21-18-26-23(33(21)35)11-12-24-27-19-37-16-14-30(27)41-31-15-17-38-20-28(31)39-36(41)34(24)26/h1-17,19-20H,18H2. The highest BCUT2D eigenvalue weighted by molar-refractivity contribution is 6.21. The van der Waals surface area contributed by atoms with Crippen LogP contribution in [0.3, 0.4) is 0 Å². The minimum Gasteiger partial charge on any atom is -0.309 e. The molecule has 0 saturated heterocycles. The van der Waals surface area contributed by atoms with E-state index in [2.05, 4.69) is 110 Å². The molecule has 0 spiro atoms. The number of benzene rings is 4. The maximum atomic E-state index is 5.17. The predicted molar refractivity (Wildman–Crippen MR) is 166 cm³/mol. The number of aromatic nitrogens is 5. The molecular formula is C36H21N5. The number of imidazole rings is 1. The lowest BCUT2D eigenvalue weighted by Gasteiger charge is -2.12. The second-order valence-corrected chi connectivity index (χ2v) is 10.9. The summed E-state index contributed by atoms with van der Waals surface area (Å²) < 4.78 is 4.69. The number of hydrogen-bond acceptors (Lipinski definition) is 3. The summed E-state index contributed by atoms with van der Waals surface area (Å²) in [4.78, 5) is 14.1. The van der Waals surface area contributed by atoms with Gasteiger partial charge < -0.3 is 4.57 Å². The molecule has 0 amide bonds. The highest BCUT2D eigenvalue weighted by atomic mass is 15.0.